The molecule has 30 heavy (non-hydrogen) atoms. The molecule has 0 saturated heterocycles. The summed E-state index contributed by atoms with van der Waals surface area (Å²) in [5, 5.41) is 15.7. The average Bonchev–Trinajstić information content (AvgIpc) is 3.39. The van der Waals surface area contributed by atoms with Gasteiger partial charge < -0.3 is 25.5 Å². The molecule has 0 aliphatic heterocycles. The first-order valence-corrected chi connectivity index (χ1v) is 9.74. The van der Waals surface area contributed by atoms with E-state index in [1.54, 1.807) is 36.0 Å². The predicted octanol–water partition coefficient (Wildman–Crippen LogP) is 4.71. The zero-order valence-electron chi connectivity index (χ0n) is 15.3. The number of H-pyrrole nitrogens is 1. The Labute approximate surface area is 173 Å². The molecule has 0 atom stereocenters. The minimum atomic E-state index is -0.480. The smallest absolute Gasteiger partial charge is 0.323 e. The monoisotopic (exact) mass is 418 g/mol. The number of amides is 2. The second-order valence-corrected chi connectivity index (χ2v) is 7.20. The van der Waals surface area contributed by atoms with Crippen molar-refractivity contribution < 1.29 is 14.6 Å². The summed E-state index contributed by atoms with van der Waals surface area (Å²) in [5.41, 5.74) is 4.86. The third-order valence-corrected chi connectivity index (χ3v) is 5.12. The van der Waals surface area contributed by atoms with Crippen molar-refractivity contribution in [1.29, 1.82) is 0 Å². The Morgan fingerprint density at radius 2 is 1.97 bits per heavy atom. The van der Waals surface area contributed by atoms with Crippen molar-refractivity contribution in [1.82, 2.24) is 19.9 Å². The first-order valence-electron chi connectivity index (χ1n) is 8.86. The van der Waals surface area contributed by atoms with E-state index < -0.39 is 6.03 Å². The van der Waals surface area contributed by atoms with Crippen LogP contribution in [0.5, 0.6) is 17.4 Å². The van der Waals surface area contributed by atoms with Gasteiger partial charge in [-0.3, -0.25) is 0 Å². The number of aromatic amines is 1. The number of thiazole rings is 1. The van der Waals surface area contributed by atoms with Crippen LogP contribution in [0.2, 0.25) is 0 Å². The standard InChI is InChI=1S/C20H14N6O3S/c27-16-8-12(29-19-18-15(5-6-21-18)22-9-23-19)2-4-13(16)26-20(28)25-11-1-3-14-17(7-11)30-10-24-14/h1-10,21,27H,(H2,25,26,28). The Kier molecular flexibility index (Phi) is 4.37. The number of aromatic nitrogens is 4. The van der Waals surface area contributed by atoms with Gasteiger partial charge in [0, 0.05) is 18.0 Å². The molecule has 3 aromatic heterocycles. The van der Waals surface area contributed by atoms with Crippen LogP contribution in [0.4, 0.5) is 16.2 Å². The molecular weight excluding hydrogens is 404 g/mol. The number of nitrogens with zero attached hydrogens (tertiary/aromatic N) is 3. The number of carbonyl (C=O) groups is 1. The van der Waals surface area contributed by atoms with Crippen molar-refractivity contribution in [2.24, 2.45) is 0 Å². The molecule has 0 aliphatic rings. The van der Waals surface area contributed by atoms with Gasteiger partial charge in [0.25, 0.3) is 0 Å². The van der Waals surface area contributed by atoms with Gasteiger partial charge in [0.1, 0.15) is 23.3 Å². The number of carbonyl (C=O) groups excluding carboxylic acids is 1. The van der Waals surface area contributed by atoms with Gasteiger partial charge in [0.15, 0.2) is 0 Å². The summed E-state index contributed by atoms with van der Waals surface area (Å²) >= 11 is 1.49. The molecule has 2 amide bonds. The van der Waals surface area contributed by atoms with Crippen LogP contribution in [0.1, 0.15) is 0 Å². The number of ether oxygens (including phenoxy) is 1. The Balaban J connectivity index is 1.29. The fraction of sp³-hybridized carbons (Fsp3) is 0. The number of urea groups is 1. The second-order valence-electron chi connectivity index (χ2n) is 6.31. The third-order valence-electron chi connectivity index (χ3n) is 4.33. The van der Waals surface area contributed by atoms with Gasteiger partial charge in [-0.15, -0.1) is 11.3 Å². The molecule has 0 radical (unpaired) electrons. The van der Waals surface area contributed by atoms with Crippen molar-refractivity contribution in [2.45, 2.75) is 0 Å². The fourth-order valence-electron chi connectivity index (χ4n) is 2.94. The number of rotatable bonds is 4. The maximum absolute atomic E-state index is 12.3. The molecular formula is C20H14N6O3S. The largest absolute Gasteiger partial charge is 0.506 e. The SMILES string of the molecule is O=C(Nc1ccc2ncsc2c1)Nc1ccc(Oc2ncnc3cc[nH]c23)cc1O. The summed E-state index contributed by atoms with van der Waals surface area (Å²) < 4.78 is 6.71. The highest BCUT2D eigenvalue weighted by molar-refractivity contribution is 7.16. The summed E-state index contributed by atoms with van der Waals surface area (Å²) in [4.78, 5) is 27.8. The first-order chi connectivity index (χ1) is 14.7. The normalized spacial score (nSPS) is 10.9. The number of benzene rings is 2. The fourth-order valence-corrected chi connectivity index (χ4v) is 3.65. The first kappa shape index (κ1) is 17.9. The van der Waals surface area contributed by atoms with Crippen LogP contribution < -0.4 is 15.4 Å². The molecule has 0 bridgehead atoms. The minimum absolute atomic E-state index is 0.141. The zero-order chi connectivity index (χ0) is 20.5. The molecule has 5 rings (SSSR count). The molecule has 0 spiro atoms. The van der Waals surface area contributed by atoms with Crippen molar-refractivity contribution in [3.05, 3.63) is 60.5 Å². The van der Waals surface area contributed by atoms with Crippen molar-refractivity contribution >= 4 is 50.0 Å². The van der Waals surface area contributed by atoms with E-state index in [1.807, 2.05) is 12.1 Å². The van der Waals surface area contributed by atoms with Gasteiger partial charge in [-0.2, -0.15) is 4.98 Å². The molecule has 148 valence electrons. The van der Waals surface area contributed by atoms with E-state index in [0.29, 0.717) is 22.8 Å². The Morgan fingerprint density at radius 3 is 2.87 bits per heavy atom. The average molecular weight is 418 g/mol. The number of fused-ring (bicyclic) bond motifs is 2. The summed E-state index contributed by atoms with van der Waals surface area (Å²) in [6.07, 6.45) is 3.14. The molecule has 5 aromatic rings. The van der Waals surface area contributed by atoms with E-state index in [-0.39, 0.29) is 11.4 Å². The maximum atomic E-state index is 12.3. The van der Waals surface area contributed by atoms with Crippen LogP contribution >= 0.6 is 11.3 Å². The summed E-state index contributed by atoms with van der Waals surface area (Å²) in [5.74, 6) is 0.558. The van der Waals surface area contributed by atoms with Crippen LogP contribution in [0, 0.1) is 0 Å². The topological polar surface area (TPSA) is 125 Å². The number of phenolic OH excluding ortho intramolecular Hbond substituents is 1. The minimum Gasteiger partial charge on any atom is -0.506 e. The Bertz CT molecular complexity index is 1380. The Morgan fingerprint density at radius 1 is 1.03 bits per heavy atom. The van der Waals surface area contributed by atoms with Crippen LogP contribution in [-0.2, 0) is 0 Å². The maximum Gasteiger partial charge on any atom is 0.323 e. The van der Waals surface area contributed by atoms with E-state index >= 15 is 0 Å². The van der Waals surface area contributed by atoms with Gasteiger partial charge in [-0.05, 0) is 36.4 Å². The number of nitrogens with one attached hydrogen (secondary N) is 3. The number of hydrogen-bond acceptors (Lipinski definition) is 7. The molecule has 0 aliphatic carbocycles. The highest BCUT2D eigenvalue weighted by Gasteiger charge is 2.11. The molecule has 10 heteroatoms. The molecule has 0 saturated carbocycles. The lowest BCUT2D eigenvalue weighted by atomic mass is 10.2. The lowest BCUT2D eigenvalue weighted by Gasteiger charge is -2.11. The van der Waals surface area contributed by atoms with E-state index in [1.165, 1.54) is 23.7 Å². The van der Waals surface area contributed by atoms with Gasteiger partial charge in [-0.25, -0.2) is 14.8 Å². The van der Waals surface area contributed by atoms with Crippen LogP contribution in [-0.4, -0.2) is 31.1 Å². The van der Waals surface area contributed by atoms with E-state index in [9.17, 15) is 9.90 Å². The van der Waals surface area contributed by atoms with Crippen LogP contribution in [0.3, 0.4) is 0 Å². The third kappa shape index (κ3) is 3.47. The molecule has 9 nitrogen and oxygen atoms in total. The number of anilines is 2. The molecule has 0 unspecified atom stereocenters. The van der Waals surface area contributed by atoms with Gasteiger partial charge in [0.2, 0.25) is 5.88 Å². The highest BCUT2D eigenvalue weighted by atomic mass is 32.1. The highest BCUT2D eigenvalue weighted by Crippen LogP contribution is 2.32. The van der Waals surface area contributed by atoms with Crippen molar-refractivity contribution in [2.75, 3.05) is 10.6 Å². The number of aromatic hydroxyl groups is 1. The molecule has 0 fully saturated rings. The molecule has 4 N–H and O–H groups in total. The van der Waals surface area contributed by atoms with Crippen molar-refractivity contribution in [3.8, 4) is 17.4 Å². The van der Waals surface area contributed by atoms with Gasteiger partial charge in [-0.1, -0.05) is 0 Å². The van der Waals surface area contributed by atoms with E-state index in [2.05, 4.69) is 30.6 Å². The van der Waals surface area contributed by atoms with Crippen LogP contribution in [0.25, 0.3) is 21.3 Å². The van der Waals surface area contributed by atoms with Gasteiger partial charge >= 0.3 is 6.03 Å². The van der Waals surface area contributed by atoms with Crippen LogP contribution in [0.15, 0.2) is 60.5 Å². The number of hydrogen-bond donors (Lipinski definition) is 4. The molecule has 3 heterocycles. The lowest BCUT2D eigenvalue weighted by molar-refractivity contribution is 0.262. The molecule has 2 aromatic carbocycles. The summed E-state index contributed by atoms with van der Waals surface area (Å²) in [6, 6.07) is 11.3. The quantitative estimate of drug-likeness (QED) is 0.313. The van der Waals surface area contributed by atoms with E-state index in [4.69, 9.17) is 4.74 Å². The zero-order valence-corrected chi connectivity index (χ0v) is 16.1. The summed E-state index contributed by atoms with van der Waals surface area (Å²) in [7, 11) is 0. The predicted molar refractivity (Wildman–Crippen MR) is 114 cm³/mol. The second kappa shape index (κ2) is 7.33. The van der Waals surface area contributed by atoms with Gasteiger partial charge in [0.05, 0.1) is 26.9 Å². The Hall–Kier alpha value is -4.18. The summed E-state index contributed by atoms with van der Waals surface area (Å²) in [6.45, 7) is 0. The lowest BCUT2D eigenvalue weighted by Crippen LogP contribution is -2.19. The number of phenols is 1. The van der Waals surface area contributed by atoms with Crippen molar-refractivity contribution in [3.63, 3.8) is 0 Å². The van der Waals surface area contributed by atoms with E-state index in [0.717, 1.165) is 15.7 Å².